The number of phenolic OH excluding ortho intramolecular Hbond substituents is 1. The Hall–Kier alpha value is -3.13. The molecular formula is C20H19N3O5. The van der Waals surface area contributed by atoms with Gasteiger partial charge in [0.1, 0.15) is 17.5 Å². The molecule has 1 aromatic rings. The molecule has 144 valence electrons. The zero-order valence-electron chi connectivity index (χ0n) is 15.0. The van der Waals surface area contributed by atoms with E-state index in [4.69, 9.17) is 0 Å². The molecule has 0 aliphatic carbocycles. The van der Waals surface area contributed by atoms with Crippen molar-refractivity contribution in [2.24, 2.45) is 5.92 Å². The quantitative estimate of drug-likeness (QED) is 0.522. The van der Waals surface area contributed by atoms with E-state index in [0.29, 0.717) is 36.3 Å². The topological polar surface area (TPSA) is 110 Å². The van der Waals surface area contributed by atoms with Crippen LogP contribution in [-0.2, 0) is 14.4 Å². The number of hydrogen-bond donors (Lipinski definition) is 3. The van der Waals surface area contributed by atoms with Gasteiger partial charge in [0.15, 0.2) is 0 Å². The van der Waals surface area contributed by atoms with Gasteiger partial charge in [-0.25, -0.2) is 4.79 Å². The van der Waals surface area contributed by atoms with Crippen molar-refractivity contribution in [3.05, 3.63) is 47.2 Å². The smallest absolute Gasteiger partial charge is 0.352 e. The van der Waals surface area contributed by atoms with E-state index in [2.05, 4.69) is 5.32 Å². The fourth-order valence-electron chi connectivity index (χ4n) is 4.83. The number of nitrogens with one attached hydrogen (secondary N) is 1. The van der Waals surface area contributed by atoms with Gasteiger partial charge in [0, 0.05) is 23.7 Å². The van der Waals surface area contributed by atoms with Gasteiger partial charge >= 0.3 is 5.97 Å². The number of aromatic hydroxyl groups is 1. The molecule has 0 spiro atoms. The Kier molecular flexibility index (Phi) is 3.60. The second-order valence-electron chi connectivity index (χ2n) is 7.53. The molecule has 28 heavy (non-hydrogen) atoms. The molecule has 8 heteroatoms. The van der Waals surface area contributed by atoms with Gasteiger partial charge in [0.25, 0.3) is 5.91 Å². The minimum atomic E-state index is -1.13. The molecule has 1 unspecified atom stereocenters. The Bertz CT molecular complexity index is 965. The number of piperidine rings is 1. The van der Waals surface area contributed by atoms with Crippen molar-refractivity contribution in [2.45, 2.75) is 24.9 Å². The Balaban J connectivity index is 1.50. The van der Waals surface area contributed by atoms with Crippen LogP contribution in [0.25, 0.3) is 0 Å². The van der Waals surface area contributed by atoms with Crippen LogP contribution in [0.15, 0.2) is 47.2 Å². The van der Waals surface area contributed by atoms with Crippen molar-refractivity contribution in [3.63, 3.8) is 0 Å². The van der Waals surface area contributed by atoms with E-state index in [9.17, 15) is 24.6 Å². The largest absolute Gasteiger partial charge is 0.508 e. The molecule has 3 N–H and O–H groups in total. The summed E-state index contributed by atoms with van der Waals surface area (Å²) in [6.45, 7) is 1.14. The van der Waals surface area contributed by atoms with E-state index < -0.39 is 5.97 Å². The standard InChI is InChI=1S/C20H19N3O5/c24-12-3-1-11(2-4-12)22-8-6-10(18(22)25)9-14-13-5-7-21-15-16(13)23(19(15)26)17(14)20(27)28/h1-4,9,13,15-16,21,24H,5-8H2,(H,27,28)/b10-9+/t13?,15-,16+/m0/s1. The van der Waals surface area contributed by atoms with Crippen molar-refractivity contribution in [1.82, 2.24) is 10.2 Å². The summed E-state index contributed by atoms with van der Waals surface area (Å²) in [6.07, 6.45) is 2.94. The molecule has 2 amide bonds. The minimum Gasteiger partial charge on any atom is -0.508 e. The molecule has 0 saturated carbocycles. The van der Waals surface area contributed by atoms with Crippen molar-refractivity contribution < 1.29 is 24.6 Å². The highest BCUT2D eigenvalue weighted by molar-refractivity contribution is 6.09. The average molecular weight is 381 g/mol. The van der Waals surface area contributed by atoms with Gasteiger partial charge in [-0.05, 0) is 55.3 Å². The molecule has 0 radical (unpaired) electrons. The lowest BCUT2D eigenvalue weighted by molar-refractivity contribution is -0.154. The summed E-state index contributed by atoms with van der Waals surface area (Å²) in [5, 5.41) is 22.3. The highest BCUT2D eigenvalue weighted by atomic mass is 16.4. The van der Waals surface area contributed by atoms with Crippen LogP contribution in [0, 0.1) is 5.92 Å². The molecular weight excluding hydrogens is 362 g/mol. The zero-order chi connectivity index (χ0) is 19.6. The molecule has 3 fully saturated rings. The summed E-state index contributed by atoms with van der Waals surface area (Å²) in [7, 11) is 0. The van der Waals surface area contributed by atoms with E-state index in [1.54, 1.807) is 23.1 Å². The van der Waals surface area contributed by atoms with Crippen LogP contribution in [0.5, 0.6) is 5.75 Å². The maximum atomic E-state index is 12.9. The van der Waals surface area contributed by atoms with E-state index >= 15 is 0 Å². The van der Waals surface area contributed by atoms with Crippen LogP contribution < -0.4 is 10.2 Å². The minimum absolute atomic E-state index is 0.0170. The SMILES string of the molecule is O=C(O)C1=C(/C=C2\CCN(c3ccc(O)cc3)C2=O)C2CCN[C@@H]3C(=O)N1[C@H]23. The van der Waals surface area contributed by atoms with Crippen LogP contribution in [-0.4, -0.2) is 58.1 Å². The van der Waals surface area contributed by atoms with Gasteiger partial charge in [-0.1, -0.05) is 0 Å². The summed E-state index contributed by atoms with van der Waals surface area (Å²) in [5.74, 6) is -1.44. The average Bonchev–Trinajstić information content (AvgIpc) is 3.20. The lowest BCUT2D eigenvalue weighted by atomic mass is 9.79. The number of hydrogen-bond acceptors (Lipinski definition) is 5. The fraction of sp³-hybridized carbons (Fsp3) is 0.350. The highest BCUT2D eigenvalue weighted by Gasteiger charge is 2.60. The monoisotopic (exact) mass is 381 g/mol. The number of phenols is 1. The van der Waals surface area contributed by atoms with Crippen molar-refractivity contribution in [3.8, 4) is 5.75 Å². The zero-order valence-corrected chi connectivity index (χ0v) is 15.0. The summed E-state index contributed by atoms with van der Waals surface area (Å²) in [4.78, 5) is 40.1. The maximum Gasteiger partial charge on any atom is 0.352 e. The second kappa shape index (κ2) is 5.93. The number of anilines is 1. The number of nitrogens with zero attached hydrogens (tertiary/aromatic N) is 2. The van der Waals surface area contributed by atoms with Crippen molar-refractivity contribution in [2.75, 3.05) is 18.0 Å². The third kappa shape index (κ3) is 2.24. The number of carbonyl (C=O) groups is 3. The Morgan fingerprint density at radius 3 is 2.68 bits per heavy atom. The van der Waals surface area contributed by atoms with Crippen LogP contribution in [0.1, 0.15) is 12.8 Å². The number of carboxylic acid groups (broad SMARTS) is 1. The van der Waals surface area contributed by atoms with Crippen molar-refractivity contribution >= 4 is 23.5 Å². The predicted molar refractivity (Wildman–Crippen MR) is 98.4 cm³/mol. The van der Waals surface area contributed by atoms with Gasteiger partial charge in [-0.15, -0.1) is 0 Å². The molecule has 4 heterocycles. The molecule has 1 aromatic carbocycles. The number of rotatable bonds is 3. The molecule has 0 bridgehead atoms. The summed E-state index contributed by atoms with van der Waals surface area (Å²) in [6, 6.07) is 5.92. The number of allylic oxidation sites excluding steroid dienone is 1. The van der Waals surface area contributed by atoms with E-state index in [-0.39, 0.29) is 41.3 Å². The highest BCUT2D eigenvalue weighted by Crippen LogP contribution is 2.47. The van der Waals surface area contributed by atoms with E-state index in [1.807, 2.05) is 0 Å². The van der Waals surface area contributed by atoms with Crippen LogP contribution in [0.3, 0.4) is 0 Å². The van der Waals surface area contributed by atoms with Gasteiger partial charge < -0.3 is 20.4 Å². The first-order chi connectivity index (χ1) is 13.5. The third-order valence-corrected chi connectivity index (χ3v) is 6.11. The van der Waals surface area contributed by atoms with Crippen LogP contribution in [0.4, 0.5) is 5.69 Å². The Labute approximate surface area is 160 Å². The lowest BCUT2D eigenvalue weighted by Gasteiger charge is -2.48. The number of carbonyl (C=O) groups excluding carboxylic acids is 2. The summed E-state index contributed by atoms with van der Waals surface area (Å²) in [5.41, 5.74) is 1.84. The van der Waals surface area contributed by atoms with Gasteiger partial charge in [0.05, 0.1) is 6.04 Å². The van der Waals surface area contributed by atoms with Gasteiger partial charge in [-0.2, -0.15) is 0 Å². The van der Waals surface area contributed by atoms with Gasteiger partial charge in [-0.3, -0.25) is 14.5 Å². The Morgan fingerprint density at radius 2 is 1.96 bits per heavy atom. The first-order valence-electron chi connectivity index (χ1n) is 9.33. The lowest BCUT2D eigenvalue weighted by Crippen LogP contribution is -2.71. The normalized spacial score (nSPS) is 30.1. The summed E-state index contributed by atoms with van der Waals surface area (Å²) >= 11 is 0. The number of carboxylic acids is 1. The third-order valence-electron chi connectivity index (χ3n) is 6.11. The molecule has 4 aliphatic rings. The number of aliphatic carboxylic acids is 1. The van der Waals surface area contributed by atoms with Crippen LogP contribution >= 0.6 is 0 Å². The van der Waals surface area contributed by atoms with E-state index in [0.717, 1.165) is 6.42 Å². The van der Waals surface area contributed by atoms with Crippen LogP contribution in [0.2, 0.25) is 0 Å². The molecule has 3 atom stereocenters. The number of β-lactam (4-membered cyclic amide) rings is 1. The van der Waals surface area contributed by atoms with Gasteiger partial charge in [0.2, 0.25) is 5.91 Å². The molecule has 3 saturated heterocycles. The molecule has 4 aliphatic heterocycles. The fourth-order valence-corrected chi connectivity index (χ4v) is 4.83. The number of benzene rings is 1. The molecule has 8 nitrogen and oxygen atoms in total. The first kappa shape index (κ1) is 17.0. The second-order valence-corrected chi connectivity index (χ2v) is 7.53. The van der Waals surface area contributed by atoms with Crippen molar-refractivity contribution in [1.29, 1.82) is 0 Å². The predicted octanol–water partition coefficient (Wildman–Crippen LogP) is 0.597. The summed E-state index contributed by atoms with van der Waals surface area (Å²) < 4.78 is 0. The molecule has 5 rings (SSSR count). The molecule has 0 aromatic heterocycles. The first-order valence-corrected chi connectivity index (χ1v) is 9.33. The van der Waals surface area contributed by atoms with E-state index in [1.165, 1.54) is 17.0 Å². The Morgan fingerprint density at radius 1 is 1.21 bits per heavy atom. The maximum absolute atomic E-state index is 12.9. The number of amides is 2.